The van der Waals surface area contributed by atoms with Crippen molar-refractivity contribution in [2.75, 3.05) is 0 Å². The Bertz CT molecular complexity index is 429. The molecule has 0 unspecified atom stereocenters. The molecule has 0 saturated heterocycles. The standard InChI is InChI=1S/C19H31NO2/c1-17-13-14-18(19(21)16-17)12-10-8-6-4-2-3-5-7-9-11-15-20-22/h13-16,21-22H,2-12H2,1H3. The maximum absolute atomic E-state index is 9.85. The molecule has 3 nitrogen and oxygen atoms in total. The van der Waals surface area contributed by atoms with Gasteiger partial charge in [0.15, 0.2) is 0 Å². The lowest BCUT2D eigenvalue weighted by atomic mass is 10.0. The lowest BCUT2D eigenvalue weighted by Gasteiger charge is -2.06. The van der Waals surface area contributed by atoms with Crippen LogP contribution in [-0.4, -0.2) is 16.5 Å². The average Bonchev–Trinajstić information content (AvgIpc) is 2.50. The zero-order valence-electron chi connectivity index (χ0n) is 13.9. The van der Waals surface area contributed by atoms with Crippen LogP contribution in [0.2, 0.25) is 0 Å². The molecule has 1 aromatic rings. The topological polar surface area (TPSA) is 52.8 Å². The van der Waals surface area contributed by atoms with Crippen molar-refractivity contribution in [2.45, 2.75) is 77.6 Å². The van der Waals surface area contributed by atoms with E-state index in [1.54, 1.807) is 6.21 Å². The Balaban J connectivity index is 1.91. The second-order valence-corrected chi connectivity index (χ2v) is 6.15. The summed E-state index contributed by atoms with van der Waals surface area (Å²) in [5, 5.41) is 21.1. The molecule has 0 spiro atoms. The van der Waals surface area contributed by atoms with Gasteiger partial charge >= 0.3 is 0 Å². The van der Waals surface area contributed by atoms with E-state index in [9.17, 15) is 5.11 Å². The highest BCUT2D eigenvalue weighted by atomic mass is 16.4. The molecule has 0 radical (unpaired) electrons. The maximum atomic E-state index is 9.85. The zero-order valence-corrected chi connectivity index (χ0v) is 13.9. The van der Waals surface area contributed by atoms with Crippen LogP contribution in [0.25, 0.3) is 0 Å². The number of nitrogens with zero attached hydrogens (tertiary/aromatic N) is 1. The van der Waals surface area contributed by atoms with E-state index < -0.39 is 0 Å². The molecule has 1 rings (SSSR count). The third-order valence-corrected chi connectivity index (χ3v) is 4.10. The predicted octanol–water partition coefficient (Wildman–Crippen LogP) is 5.60. The van der Waals surface area contributed by atoms with Gasteiger partial charge in [0.25, 0.3) is 0 Å². The van der Waals surface area contributed by atoms with Gasteiger partial charge in [-0.15, -0.1) is 5.16 Å². The quantitative estimate of drug-likeness (QED) is 0.228. The Kier molecular flexibility index (Phi) is 10.2. The van der Waals surface area contributed by atoms with Gasteiger partial charge in [-0.25, -0.2) is 0 Å². The maximum Gasteiger partial charge on any atom is 0.119 e. The van der Waals surface area contributed by atoms with E-state index in [1.807, 2.05) is 19.1 Å². The van der Waals surface area contributed by atoms with E-state index in [4.69, 9.17) is 5.21 Å². The normalized spacial score (nSPS) is 11.3. The molecule has 1 aromatic carbocycles. The van der Waals surface area contributed by atoms with Crippen LogP contribution in [0, 0.1) is 6.92 Å². The SMILES string of the molecule is Cc1ccc(CCCCCCCCCCCC=NO)c(O)c1. The number of rotatable bonds is 12. The van der Waals surface area contributed by atoms with Crippen molar-refractivity contribution in [3.05, 3.63) is 29.3 Å². The molecule has 0 aromatic heterocycles. The fraction of sp³-hybridized carbons (Fsp3) is 0.632. The summed E-state index contributed by atoms with van der Waals surface area (Å²) in [7, 11) is 0. The van der Waals surface area contributed by atoms with Gasteiger partial charge in [0.05, 0.1) is 0 Å². The van der Waals surface area contributed by atoms with Gasteiger partial charge in [0.1, 0.15) is 5.75 Å². The summed E-state index contributed by atoms with van der Waals surface area (Å²) in [6, 6.07) is 5.97. The molecule has 0 aliphatic heterocycles. The highest BCUT2D eigenvalue weighted by Crippen LogP contribution is 2.21. The van der Waals surface area contributed by atoms with E-state index >= 15 is 0 Å². The first-order chi connectivity index (χ1) is 10.7. The predicted molar refractivity (Wildman–Crippen MR) is 93.0 cm³/mol. The third kappa shape index (κ3) is 8.71. The van der Waals surface area contributed by atoms with Gasteiger partial charge in [-0.3, -0.25) is 0 Å². The lowest BCUT2D eigenvalue weighted by Crippen LogP contribution is -1.88. The first-order valence-electron chi connectivity index (χ1n) is 8.68. The minimum atomic E-state index is 0.450. The third-order valence-electron chi connectivity index (χ3n) is 4.10. The van der Waals surface area contributed by atoms with Crippen molar-refractivity contribution in [3.63, 3.8) is 0 Å². The van der Waals surface area contributed by atoms with Gasteiger partial charge in [-0.2, -0.15) is 0 Å². The summed E-state index contributed by atoms with van der Waals surface area (Å²) in [6.45, 7) is 2.00. The first kappa shape index (κ1) is 18.5. The van der Waals surface area contributed by atoms with Crippen LogP contribution in [0.3, 0.4) is 0 Å². The van der Waals surface area contributed by atoms with Gasteiger partial charge in [-0.1, -0.05) is 57.1 Å². The Morgan fingerprint density at radius 2 is 1.50 bits per heavy atom. The highest BCUT2D eigenvalue weighted by Gasteiger charge is 2.01. The summed E-state index contributed by atoms with van der Waals surface area (Å²) in [6.07, 6.45) is 14.8. The smallest absolute Gasteiger partial charge is 0.119 e. The Morgan fingerprint density at radius 3 is 2.09 bits per heavy atom. The summed E-state index contributed by atoms with van der Waals surface area (Å²) in [4.78, 5) is 0. The second-order valence-electron chi connectivity index (χ2n) is 6.15. The molecule has 2 N–H and O–H groups in total. The van der Waals surface area contributed by atoms with Crippen molar-refractivity contribution in [1.29, 1.82) is 0 Å². The summed E-state index contributed by atoms with van der Waals surface area (Å²) < 4.78 is 0. The largest absolute Gasteiger partial charge is 0.508 e. The molecule has 0 aliphatic rings. The van der Waals surface area contributed by atoms with Crippen LogP contribution in [0.4, 0.5) is 0 Å². The number of oxime groups is 1. The molecule has 3 heteroatoms. The Labute approximate surface area is 135 Å². The molecule has 0 aliphatic carbocycles. The van der Waals surface area contributed by atoms with Crippen LogP contribution in [0.5, 0.6) is 5.75 Å². The van der Waals surface area contributed by atoms with Crippen molar-refractivity contribution >= 4 is 6.21 Å². The lowest BCUT2D eigenvalue weighted by molar-refractivity contribution is 0.320. The van der Waals surface area contributed by atoms with E-state index in [-0.39, 0.29) is 0 Å². The Hall–Kier alpha value is -1.51. The molecular formula is C19H31NO2. The van der Waals surface area contributed by atoms with Crippen LogP contribution < -0.4 is 0 Å². The van der Waals surface area contributed by atoms with Crippen LogP contribution in [-0.2, 0) is 6.42 Å². The number of aryl methyl sites for hydroxylation is 2. The highest BCUT2D eigenvalue weighted by molar-refractivity contribution is 5.55. The van der Waals surface area contributed by atoms with Gasteiger partial charge in [0, 0.05) is 6.21 Å². The van der Waals surface area contributed by atoms with Gasteiger partial charge in [-0.05, 0) is 49.8 Å². The number of unbranched alkanes of at least 4 members (excludes halogenated alkanes) is 9. The number of benzene rings is 1. The number of hydrogen-bond donors (Lipinski definition) is 2. The van der Waals surface area contributed by atoms with Crippen LogP contribution in [0.15, 0.2) is 23.4 Å². The summed E-state index contributed by atoms with van der Waals surface area (Å²) >= 11 is 0. The molecule has 0 bridgehead atoms. The van der Waals surface area contributed by atoms with E-state index in [1.165, 1.54) is 44.9 Å². The number of phenols is 1. The number of aromatic hydroxyl groups is 1. The fourth-order valence-electron chi connectivity index (χ4n) is 2.73. The minimum absolute atomic E-state index is 0.450. The minimum Gasteiger partial charge on any atom is -0.508 e. The molecule has 0 saturated carbocycles. The summed E-state index contributed by atoms with van der Waals surface area (Å²) in [5.74, 6) is 0.450. The zero-order chi connectivity index (χ0) is 16.0. The first-order valence-corrected chi connectivity index (χ1v) is 8.68. The number of phenolic OH excluding ortho intramolecular Hbond substituents is 1. The molecule has 0 amide bonds. The average molecular weight is 305 g/mol. The van der Waals surface area contributed by atoms with Crippen LogP contribution >= 0.6 is 0 Å². The summed E-state index contributed by atoms with van der Waals surface area (Å²) in [5.41, 5.74) is 2.20. The molecular weight excluding hydrogens is 274 g/mol. The molecule has 0 fully saturated rings. The molecule has 0 atom stereocenters. The van der Waals surface area contributed by atoms with Crippen molar-refractivity contribution in [3.8, 4) is 5.75 Å². The Morgan fingerprint density at radius 1 is 0.909 bits per heavy atom. The molecule has 22 heavy (non-hydrogen) atoms. The molecule has 124 valence electrons. The van der Waals surface area contributed by atoms with Crippen molar-refractivity contribution in [2.24, 2.45) is 5.16 Å². The number of hydrogen-bond acceptors (Lipinski definition) is 3. The van der Waals surface area contributed by atoms with E-state index in [0.717, 1.165) is 36.8 Å². The van der Waals surface area contributed by atoms with Crippen LogP contribution in [0.1, 0.15) is 75.3 Å². The van der Waals surface area contributed by atoms with E-state index in [0.29, 0.717) is 5.75 Å². The van der Waals surface area contributed by atoms with Gasteiger partial charge < -0.3 is 10.3 Å². The second kappa shape index (κ2) is 12.1. The fourth-order valence-corrected chi connectivity index (χ4v) is 2.73. The van der Waals surface area contributed by atoms with Gasteiger partial charge in [0.2, 0.25) is 0 Å². The van der Waals surface area contributed by atoms with Crippen molar-refractivity contribution in [1.82, 2.24) is 0 Å². The molecule has 0 heterocycles. The monoisotopic (exact) mass is 305 g/mol. The van der Waals surface area contributed by atoms with E-state index in [2.05, 4.69) is 11.2 Å². The van der Waals surface area contributed by atoms with Crippen molar-refractivity contribution < 1.29 is 10.3 Å².